The molecule has 4 nitrogen and oxygen atoms in total. The van der Waals surface area contributed by atoms with Gasteiger partial charge in [0.25, 0.3) is 0 Å². The van der Waals surface area contributed by atoms with Crippen molar-refractivity contribution in [3.63, 3.8) is 0 Å². The first-order chi connectivity index (χ1) is 7.79. The number of nitrogens with zero attached hydrogens (tertiary/aromatic N) is 3. The first-order valence-electron chi connectivity index (χ1n) is 6.44. The summed E-state index contributed by atoms with van der Waals surface area (Å²) in [5.74, 6) is 1.35. The van der Waals surface area contributed by atoms with E-state index in [0.29, 0.717) is 12.0 Å². The molecule has 0 amide bonds. The Kier molecular flexibility index (Phi) is 2.64. The molecule has 1 saturated heterocycles. The fourth-order valence-electron chi connectivity index (χ4n) is 3.78. The molecule has 3 fully saturated rings. The Balaban J connectivity index is 1.74. The zero-order chi connectivity index (χ0) is 11.1. The second-order valence-corrected chi connectivity index (χ2v) is 5.58. The molecule has 4 heteroatoms. The third kappa shape index (κ3) is 1.55. The summed E-state index contributed by atoms with van der Waals surface area (Å²) in [7, 11) is 2.18. The summed E-state index contributed by atoms with van der Waals surface area (Å²) in [6.07, 6.45) is 3.84. The van der Waals surface area contributed by atoms with Crippen molar-refractivity contribution in [2.75, 3.05) is 33.2 Å². The molecular formula is C12H21N3O. The van der Waals surface area contributed by atoms with Gasteiger partial charge in [0.1, 0.15) is 0 Å². The molecule has 0 aromatic rings. The Morgan fingerprint density at radius 2 is 1.94 bits per heavy atom. The quantitative estimate of drug-likeness (QED) is 0.529. The summed E-state index contributed by atoms with van der Waals surface area (Å²) in [6.45, 7) is 4.55. The lowest BCUT2D eigenvalue weighted by atomic mass is 9.91. The maximum absolute atomic E-state index is 9.19. The lowest BCUT2D eigenvalue weighted by Gasteiger charge is -2.39. The van der Waals surface area contributed by atoms with Gasteiger partial charge >= 0.3 is 0 Å². The minimum atomic E-state index is 0.456. The second kappa shape index (κ2) is 4.00. The smallest absolute Gasteiger partial charge is 0.0775 e. The van der Waals surface area contributed by atoms with Crippen LogP contribution in [0.15, 0.2) is 5.16 Å². The molecule has 1 heterocycles. The third-order valence-corrected chi connectivity index (χ3v) is 4.69. The van der Waals surface area contributed by atoms with Crippen LogP contribution < -0.4 is 0 Å². The van der Waals surface area contributed by atoms with Gasteiger partial charge in [0.2, 0.25) is 0 Å². The maximum atomic E-state index is 9.19. The van der Waals surface area contributed by atoms with Crippen LogP contribution in [0.5, 0.6) is 0 Å². The van der Waals surface area contributed by atoms with E-state index < -0.39 is 0 Å². The number of fused-ring (bicyclic) bond motifs is 2. The zero-order valence-corrected chi connectivity index (χ0v) is 9.97. The molecule has 1 aliphatic heterocycles. The van der Waals surface area contributed by atoms with Crippen LogP contribution in [0.4, 0.5) is 0 Å². The van der Waals surface area contributed by atoms with E-state index in [-0.39, 0.29) is 0 Å². The monoisotopic (exact) mass is 223 g/mol. The standard InChI is InChI=1S/C12H21N3O/c1-14-4-6-15(7-5-14)12-10-3-2-9(8-10)11(12)13-16/h9-10,12,16H,2-8H2,1H3/b13-11+/t9-,10+,12-/m0/s1. The molecule has 3 rings (SSSR count). The van der Waals surface area contributed by atoms with Crippen molar-refractivity contribution in [3.05, 3.63) is 0 Å². The highest BCUT2D eigenvalue weighted by Crippen LogP contribution is 2.45. The average molecular weight is 223 g/mol. The van der Waals surface area contributed by atoms with Crippen molar-refractivity contribution in [1.29, 1.82) is 0 Å². The Hall–Kier alpha value is -0.610. The average Bonchev–Trinajstić information content (AvgIpc) is 2.89. The van der Waals surface area contributed by atoms with Crippen molar-refractivity contribution in [2.45, 2.75) is 25.3 Å². The molecule has 3 atom stereocenters. The van der Waals surface area contributed by atoms with E-state index >= 15 is 0 Å². The zero-order valence-electron chi connectivity index (χ0n) is 9.97. The van der Waals surface area contributed by atoms with Crippen molar-refractivity contribution in [3.8, 4) is 0 Å². The number of rotatable bonds is 1. The number of hydrogen-bond donors (Lipinski definition) is 1. The van der Waals surface area contributed by atoms with E-state index in [1.54, 1.807) is 0 Å². The van der Waals surface area contributed by atoms with E-state index in [9.17, 15) is 5.21 Å². The Bertz CT molecular complexity index is 297. The molecule has 2 saturated carbocycles. The Labute approximate surface area is 96.9 Å². The summed E-state index contributed by atoms with van der Waals surface area (Å²) in [4.78, 5) is 4.92. The molecule has 0 unspecified atom stereocenters. The highest BCUT2D eigenvalue weighted by molar-refractivity contribution is 5.94. The fraction of sp³-hybridized carbons (Fsp3) is 0.917. The first kappa shape index (κ1) is 10.5. The minimum absolute atomic E-state index is 0.456. The lowest BCUT2D eigenvalue weighted by molar-refractivity contribution is 0.114. The van der Waals surface area contributed by atoms with E-state index in [4.69, 9.17) is 0 Å². The maximum Gasteiger partial charge on any atom is 0.0775 e. The lowest BCUT2D eigenvalue weighted by Crippen LogP contribution is -2.53. The molecule has 3 aliphatic rings. The Morgan fingerprint density at radius 1 is 1.19 bits per heavy atom. The SMILES string of the molecule is CN1CCN([C@@H]2/C(=N/O)[C@H]3CC[C@@H]2C3)CC1. The van der Waals surface area contributed by atoms with Crippen LogP contribution in [0.1, 0.15) is 19.3 Å². The van der Waals surface area contributed by atoms with Gasteiger partial charge in [-0.3, -0.25) is 4.90 Å². The van der Waals surface area contributed by atoms with Gasteiger partial charge in [0.15, 0.2) is 0 Å². The van der Waals surface area contributed by atoms with Gasteiger partial charge in [-0.2, -0.15) is 0 Å². The summed E-state index contributed by atoms with van der Waals surface area (Å²) in [5, 5.41) is 12.8. The fourth-order valence-corrected chi connectivity index (χ4v) is 3.78. The van der Waals surface area contributed by atoms with Crippen molar-refractivity contribution >= 4 is 5.71 Å². The minimum Gasteiger partial charge on any atom is -0.411 e. The number of hydrogen-bond acceptors (Lipinski definition) is 4. The van der Waals surface area contributed by atoms with Gasteiger partial charge in [-0.05, 0) is 32.2 Å². The molecule has 1 N–H and O–H groups in total. The summed E-state index contributed by atoms with van der Waals surface area (Å²) in [6, 6.07) is 0.456. The predicted molar refractivity (Wildman–Crippen MR) is 62.9 cm³/mol. The third-order valence-electron chi connectivity index (χ3n) is 4.69. The van der Waals surface area contributed by atoms with Gasteiger partial charge in [-0.25, -0.2) is 0 Å². The largest absolute Gasteiger partial charge is 0.411 e. The Morgan fingerprint density at radius 3 is 2.62 bits per heavy atom. The van der Waals surface area contributed by atoms with Crippen LogP contribution >= 0.6 is 0 Å². The highest BCUT2D eigenvalue weighted by atomic mass is 16.4. The molecule has 0 radical (unpaired) electrons. The van der Waals surface area contributed by atoms with Crippen molar-refractivity contribution in [1.82, 2.24) is 9.80 Å². The topological polar surface area (TPSA) is 39.1 Å². The van der Waals surface area contributed by atoms with Crippen LogP contribution in [0.25, 0.3) is 0 Å². The van der Waals surface area contributed by atoms with Crippen LogP contribution in [-0.4, -0.2) is 60.0 Å². The number of piperazine rings is 1. The molecule has 2 aliphatic carbocycles. The van der Waals surface area contributed by atoms with Gasteiger partial charge in [0.05, 0.1) is 11.8 Å². The number of likely N-dealkylation sites (N-methyl/N-ethyl adjacent to an activating group) is 1. The summed E-state index contributed by atoms with van der Waals surface area (Å²) >= 11 is 0. The van der Waals surface area contributed by atoms with Gasteiger partial charge in [-0.1, -0.05) is 5.16 Å². The molecule has 16 heavy (non-hydrogen) atoms. The van der Waals surface area contributed by atoms with E-state index in [0.717, 1.165) is 37.8 Å². The van der Waals surface area contributed by atoms with Gasteiger partial charge < -0.3 is 10.1 Å². The van der Waals surface area contributed by atoms with Crippen molar-refractivity contribution < 1.29 is 5.21 Å². The normalized spacial score (nSPS) is 43.3. The van der Waals surface area contributed by atoms with Gasteiger partial charge in [0, 0.05) is 32.1 Å². The molecular weight excluding hydrogens is 202 g/mol. The summed E-state index contributed by atoms with van der Waals surface area (Å²) in [5.41, 5.74) is 1.08. The van der Waals surface area contributed by atoms with Crippen LogP contribution in [0.2, 0.25) is 0 Å². The highest BCUT2D eigenvalue weighted by Gasteiger charge is 2.48. The molecule has 0 spiro atoms. The van der Waals surface area contributed by atoms with Crippen molar-refractivity contribution in [2.24, 2.45) is 17.0 Å². The van der Waals surface area contributed by atoms with E-state index in [1.165, 1.54) is 19.3 Å². The van der Waals surface area contributed by atoms with Crippen LogP contribution in [-0.2, 0) is 0 Å². The first-order valence-corrected chi connectivity index (χ1v) is 6.44. The molecule has 0 aromatic carbocycles. The van der Waals surface area contributed by atoms with E-state index in [1.807, 2.05) is 0 Å². The van der Waals surface area contributed by atoms with Crippen LogP contribution in [0, 0.1) is 11.8 Å². The summed E-state index contributed by atoms with van der Waals surface area (Å²) < 4.78 is 0. The van der Waals surface area contributed by atoms with Crippen LogP contribution in [0.3, 0.4) is 0 Å². The molecule has 0 aromatic heterocycles. The molecule has 90 valence electrons. The molecule has 2 bridgehead atoms. The van der Waals surface area contributed by atoms with Gasteiger partial charge in [-0.15, -0.1) is 0 Å². The number of oxime groups is 1. The second-order valence-electron chi connectivity index (χ2n) is 5.58. The van der Waals surface area contributed by atoms with E-state index in [2.05, 4.69) is 22.0 Å². The predicted octanol–water partition coefficient (Wildman–Crippen LogP) is 0.862.